The Kier molecular flexibility index (Phi) is 7.14. The first kappa shape index (κ1) is 30.6. The van der Waals surface area contributed by atoms with Gasteiger partial charge in [-0.15, -0.1) is 0 Å². The smallest absolute Gasteiger partial charge is 0.188 e. The number of nitrogens with zero attached hydrogens (tertiary/aromatic N) is 5. The molecule has 0 N–H and O–H groups in total. The molecule has 8 rings (SSSR count). The molecule has 0 aliphatic heterocycles. The first-order valence-electron chi connectivity index (χ1n) is 16.7. The number of hydrogen-bond donors (Lipinski definition) is 0. The minimum absolute atomic E-state index is 0.0190. The summed E-state index contributed by atoms with van der Waals surface area (Å²) in [7, 11) is 2.03. The number of aromatic nitrogens is 5. The Morgan fingerprint density at radius 1 is 0.735 bits per heavy atom. The van der Waals surface area contributed by atoms with Crippen LogP contribution >= 0.6 is 0 Å². The molecule has 0 amide bonds. The summed E-state index contributed by atoms with van der Waals surface area (Å²) in [6, 6.07) is 31.9. The van der Waals surface area contributed by atoms with E-state index < -0.39 is 0 Å². The van der Waals surface area contributed by atoms with E-state index >= 15 is 0 Å². The molecule has 0 atom stereocenters. The van der Waals surface area contributed by atoms with Gasteiger partial charge in [-0.3, -0.25) is 8.97 Å². The summed E-state index contributed by atoms with van der Waals surface area (Å²) in [6.45, 7) is 13.2. The lowest BCUT2D eigenvalue weighted by Crippen LogP contribution is -2.25. The van der Waals surface area contributed by atoms with Crippen LogP contribution in [0.1, 0.15) is 43.0 Å². The molecule has 3 aromatic carbocycles. The van der Waals surface area contributed by atoms with Gasteiger partial charge < -0.3 is 9.30 Å². The van der Waals surface area contributed by atoms with E-state index in [0.29, 0.717) is 0 Å². The Labute approximate surface area is 286 Å². The average molecular weight is 642 g/mol. The van der Waals surface area contributed by atoms with Gasteiger partial charge in [0.1, 0.15) is 23.0 Å². The molecule has 0 radical (unpaired) electrons. The highest BCUT2D eigenvalue weighted by Crippen LogP contribution is 2.39. The zero-order valence-electron chi connectivity index (χ0n) is 29.0. The van der Waals surface area contributed by atoms with Crippen molar-refractivity contribution < 1.29 is 9.30 Å². The van der Waals surface area contributed by atoms with E-state index in [9.17, 15) is 0 Å². The molecule has 0 saturated carbocycles. The highest BCUT2D eigenvalue weighted by atomic mass is 16.5. The van der Waals surface area contributed by atoms with Crippen LogP contribution in [-0.4, -0.2) is 18.9 Å². The predicted octanol–water partition coefficient (Wildman–Crippen LogP) is 9.80. The lowest BCUT2D eigenvalue weighted by Gasteiger charge is -2.20. The number of ether oxygens (including phenoxy) is 1. The molecule has 0 unspecified atom stereocenters. The molecular formula is C43H39N5O. The van der Waals surface area contributed by atoms with Crippen molar-refractivity contribution >= 4 is 27.6 Å². The Morgan fingerprint density at radius 2 is 1.53 bits per heavy atom. The molecule has 5 heterocycles. The lowest BCUT2D eigenvalue weighted by molar-refractivity contribution is -0.648. The molecule has 0 spiro atoms. The summed E-state index contributed by atoms with van der Waals surface area (Å²) in [5.74, 6) is 2.32. The maximum Gasteiger partial charge on any atom is 0.188 e. The highest BCUT2D eigenvalue weighted by molar-refractivity contribution is 6.08. The highest BCUT2D eigenvalue weighted by Gasteiger charge is 2.19. The van der Waals surface area contributed by atoms with Crippen LogP contribution in [0, 0.1) is 27.0 Å². The first-order chi connectivity index (χ1) is 23.5. The van der Waals surface area contributed by atoms with Crippen molar-refractivity contribution in [1.82, 2.24) is 18.9 Å². The van der Waals surface area contributed by atoms with Crippen molar-refractivity contribution in [3.8, 4) is 39.7 Å². The van der Waals surface area contributed by atoms with Gasteiger partial charge >= 0.3 is 0 Å². The van der Waals surface area contributed by atoms with Crippen LogP contribution < -0.4 is 9.30 Å². The van der Waals surface area contributed by atoms with E-state index in [-0.39, 0.29) is 5.41 Å². The third-order valence-electron chi connectivity index (χ3n) is 9.42. The van der Waals surface area contributed by atoms with Crippen LogP contribution in [0.3, 0.4) is 0 Å². The summed E-state index contributed by atoms with van der Waals surface area (Å²) < 4.78 is 13.2. The normalized spacial score (nSPS) is 12.0. The van der Waals surface area contributed by atoms with Gasteiger partial charge in [0, 0.05) is 29.2 Å². The predicted molar refractivity (Wildman–Crippen MR) is 198 cm³/mol. The molecule has 6 nitrogen and oxygen atoms in total. The lowest BCUT2D eigenvalue weighted by atomic mass is 9.88. The van der Waals surface area contributed by atoms with Crippen molar-refractivity contribution in [3.63, 3.8) is 0 Å². The van der Waals surface area contributed by atoms with Gasteiger partial charge in [-0.05, 0) is 109 Å². The Hall–Kier alpha value is -5.75. The second-order valence-corrected chi connectivity index (χ2v) is 14.1. The van der Waals surface area contributed by atoms with Gasteiger partial charge in [-0.1, -0.05) is 62.2 Å². The molecule has 0 aliphatic rings. The van der Waals surface area contributed by atoms with Crippen molar-refractivity contribution in [1.29, 1.82) is 0 Å². The summed E-state index contributed by atoms with van der Waals surface area (Å²) in [6.07, 6.45) is 9.38. The van der Waals surface area contributed by atoms with Crippen molar-refractivity contribution in [2.24, 2.45) is 7.05 Å². The third-order valence-corrected chi connectivity index (χ3v) is 9.42. The molecule has 0 aliphatic carbocycles. The van der Waals surface area contributed by atoms with Crippen LogP contribution in [-0.2, 0) is 12.5 Å². The molecule has 6 heteroatoms. The van der Waals surface area contributed by atoms with Crippen molar-refractivity contribution in [2.75, 3.05) is 0 Å². The topological polar surface area (TPSA) is 48.2 Å². The molecule has 8 aromatic rings. The molecule has 242 valence electrons. The number of pyridine rings is 3. The molecule has 0 saturated heterocycles. The Morgan fingerprint density at radius 3 is 2.33 bits per heavy atom. The van der Waals surface area contributed by atoms with Gasteiger partial charge in [-0.25, -0.2) is 9.97 Å². The van der Waals surface area contributed by atoms with Crippen LogP contribution in [0.5, 0.6) is 11.5 Å². The van der Waals surface area contributed by atoms with Crippen LogP contribution in [0.25, 0.3) is 55.8 Å². The number of hydrogen-bond acceptors (Lipinski definition) is 3. The van der Waals surface area contributed by atoms with Crippen LogP contribution in [0.4, 0.5) is 0 Å². The van der Waals surface area contributed by atoms with E-state index in [1.165, 1.54) is 27.8 Å². The van der Waals surface area contributed by atoms with E-state index in [0.717, 1.165) is 61.7 Å². The van der Waals surface area contributed by atoms with E-state index in [2.05, 4.69) is 142 Å². The SMILES string of the molecule is Cc1cc(C)c(-c2cc(Oc3ccc4c5cccnc5n(-c5cc(C(C)(C)C)ccn5)c4c3)cc(-c3[c-][n+](C)c4ccccn34)c2)c(C)c1. The molecular weight excluding hydrogens is 603 g/mol. The van der Waals surface area contributed by atoms with Gasteiger partial charge in [0.05, 0.1) is 30.7 Å². The number of benzene rings is 3. The monoisotopic (exact) mass is 641 g/mol. The number of fused-ring (bicyclic) bond motifs is 4. The zero-order valence-corrected chi connectivity index (χ0v) is 29.0. The molecule has 49 heavy (non-hydrogen) atoms. The number of rotatable bonds is 5. The summed E-state index contributed by atoms with van der Waals surface area (Å²) in [5, 5.41) is 2.17. The Balaban J connectivity index is 1.31. The summed E-state index contributed by atoms with van der Waals surface area (Å²) in [5.41, 5.74) is 12.2. The van der Waals surface area contributed by atoms with Crippen molar-refractivity contribution in [2.45, 2.75) is 47.0 Å². The maximum absolute atomic E-state index is 6.81. The standard InChI is InChI=1S/C43H39N5O/c1-27-19-28(2)41(29(3)20-27)31-21-30(38-26-46(7)40-12-8-9-18-47(38)40)22-34(23-31)49-33-13-14-35-36-11-10-16-45-42(36)48(37(35)25-33)39-24-32(15-17-44-39)43(4,5)6/h8-25H,1-7H3. The number of imidazole rings is 1. The van der Waals surface area contributed by atoms with Crippen molar-refractivity contribution in [3.05, 3.63) is 138 Å². The van der Waals surface area contributed by atoms with E-state index in [1.54, 1.807) is 0 Å². The van der Waals surface area contributed by atoms with Gasteiger partial charge in [-0.2, -0.15) is 0 Å². The van der Waals surface area contributed by atoms with Gasteiger partial charge in [0.25, 0.3) is 0 Å². The molecule has 5 aromatic heterocycles. The zero-order chi connectivity index (χ0) is 34.0. The second kappa shape index (κ2) is 11.4. The molecule has 0 bridgehead atoms. The quantitative estimate of drug-likeness (QED) is 0.139. The fourth-order valence-electron chi connectivity index (χ4n) is 7.21. The Bertz CT molecular complexity index is 2540. The molecule has 0 fully saturated rings. The second-order valence-electron chi connectivity index (χ2n) is 14.1. The third kappa shape index (κ3) is 5.34. The maximum atomic E-state index is 6.81. The fraction of sp³-hybridized carbons (Fsp3) is 0.186. The van der Waals surface area contributed by atoms with Crippen LogP contribution in [0.2, 0.25) is 0 Å². The van der Waals surface area contributed by atoms with Gasteiger partial charge in [0.2, 0.25) is 0 Å². The minimum Gasteiger partial charge on any atom is -0.458 e. The summed E-state index contributed by atoms with van der Waals surface area (Å²) in [4.78, 5) is 9.64. The van der Waals surface area contributed by atoms with E-state index in [4.69, 9.17) is 14.7 Å². The minimum atomic E-state index is -0.0190. The first-order valence-corrected chi connectivity index (χ1v) is 16.7. The largest absolute Gasteiger partial charge is 0.458 e. The van der Waals surface area contributed by atoms with Crippen LogP contribution in [0.15, 0.2) is 110 Å². The van der Waals surface area contributed by atoms with Gasteiger partial charge in [0.15, 0.2) is 5.65 Å². The summed E-state index contributed by atoms with van der Waals surface area (Å²) >= 11 is 0. The fourth-order valence-corrected chi connectivity index (χ4v) is 7.21. The average Bonchev–Trinajstić information content (AvgIpc) is 3.58. The number of aryl methyl sites for hydroxylation is 4. The van der Waals surface area contributed by atoms with E-state index in [1.807, 2.05) is 36.1 Å².